The van der Waals surface area contributed by atoms with Crippen LogP contribution in [0.1, 0.15) is 46.4 Å². The summed E-state index contributed by atoms with van der Waals surface area (Å²) >= 11 is 3.47. The second kappa shape index (κ2) is 6.94. The van der Waals surface area contributed by atoms with E-state index in [0.29, 0.717) is 6.04 Å². The molecular formula is C13H22BrN3. The van der Waals surface area contributed by atoms with E-state index in [4.69, 9.17) is 0 Å². The van der Waals surface area contributed by atoms with Crippen molar-refractivity contribution in [3.05, 3.63) is 16.5 Å². The van der Waals surface area contributed by atoms with E-state index in [2.05, 4.69) is 58.5 Å². The van der Waals surface area contributed by atoms with Crippen molar-refractivity contribution in [3.63, 3.8) is 0 Å². The van der Waals surface area contributed by atoms with Crippen molar-refractivity contribution in [1.82, 2.24) is 9.97 Å². The molecule has 0 aliphatic heterocycles. The molecule has 0 spiro atoms. The van der Waals surface area contributed by atoms with E-state index in [1.54, 1.807) is 0 Å². The van der Waals surface area contributed by atoms with Crippen LogP contribution in [0.4, 0.5) is 5.82 Å². The zero-order valence-electron chi connectivity index (χ0n) is 11.2. The number of rotatable bonds is 6. The van der Waals surface area contributed by atoms with Gasteiger partial charge in [0.15, 0.2) is 0 Å². The molecule has 1 unspecified atom stereocenters. The van der Waals surface area contributed by atoms with Gasteiger partial charge in [-0.15, -0.1) is 0 Å². The van der Waals surface area contributed by atoms with Crippen molar-refractivity contribution in [1.29, 1.82) is 0 Å². The first kappa shape index (κ1) is 14.4. The molecule has 4 heteroatoms. The molecule has 0 radical (unpaired) electrons. The van der Waals surface area contributed by atoms with Crippen molar-refractivity contribution in [3.8, 4) is 0 Å². The Hall–Kier alpha value is -0.640. The molecule has 1 heterocycles. The maximum absolute atomic E-state index is 4.65. The Kier molecular flexibility index (Phi) is 5.89. The topological polar surface area (TPSA) is 29.0 Å². The van der Waals surface area contributed by atoms with Crippen LogP contribution >= 0.6 is 15.9 Å². The first-order valence-electron chi connectivity index (χ1n) is 6.42. The lowest BCUT2D eigenvalue weighted by atomic mass is 10.2. The Morgan fingerprint density at radius 2 is 2.00 bits per heavy atom. The highest BCUT2D eigenvalue weighted by atomic mass is 79.9. The average molecular weight is 300 g/mol. The van der Waals surface area contributed by atoms with Gasteiger partial charge in [-0.3, -0.25) is 0 Å². The number of halogens is 1. The number of hydrogen-bond donors (Lipinski definition) is 0. The molecule has 0 bridgehead atoms. The molecule has 1 atom stereocenters. The monoisotopic (exact) mass is 299 g/mol. The summed E-state index contributed by atoms with van der Waals surface area (Å²) in [5, 5.41) is 0. The van der Waals surface area contributed by atoms with Gasteiger partial charge in [0, 0.05) is 25.1 Å². The Morgan fingerprint density at radius 1 is 1.29 bits per heavy atom. The van der Waals surface area contributed by atoms with Gasteiger partial charge in [0.25, 0.3) is 0 Å². The Labute approximate surface area is 113 Å². The number of nitrogens with zero attached hydrogens (tertiary/aromatic N) is 3. The van der Waals surface area contributed by atoms with E-state index in [0.717, 1.165) is 42.1 Å². The second-order valence-corrected chi connectivity index (χ2v) is 5.07. The number of hydrogen-bond acceptors (Lipinski definition) is 3. The normalized spacial score (nSPS) is 12.5. The predicted molar refractivity (Wildman–Crippen MR) is 76.5 cm³/mol. The van der Waals surface area contributed by atoms with Gasteiger partial charge in [-0.1, -0.05) is 13.8 Å². The maximum Gasteiger partial charge on any atom is 0.133 e. The molecule has 0 aliphatic carbocycles. The molecule has 0 saturated heterocycles. The third-order valence-electron chi connectivity index (χ3n) is 2.96. The van der Waals surface area contributed by atoms with Crippen molar-refractivity contribution in [2.24, 2.45) is 0 Å². The highest BCUT2D eigenvalue weighted by Gasteiger charge is 2.14. The van der Waals surface area contributed by atoms with Crippen LogP contribution in [-0.2, 0) is 6.42 Å². The van der Waals surface area contributed by atoms with Gasteiger partial charge in [-0.25, -0.2) is 9.97 Å². The molecule has 1 aromatic rings. The van der Waals surface area contributed by atoms with Gasteiger partial charge in [0.1, 0.15) is 16.2 Å². The lowest BCUT2D eigenvalue weighted by Gasteiger charge is -2.28. The summed E-state index contributed by atoms with van der Waals surface area (Å²) in [6.45, 7) is 9.73. The molecule has 0 N–H and O–H groups in total. The highest BCUT2D eigenvalue weighted by Crippen LogP contribution is 2.20. The van der Waals surface area contributed by atoms with Gasteiger partial charge in [-0.2, -0.15) is 0 Å². The summed E-state index contributed by atoms with van der Waals surface area (Å²) in [6.07, 6.45) is 3.13. The minimum absolute atomic E-state index is 0.510. The molecule has 1 rings (SSSR count). The molecule has 0 aromatic carbocycles. The van der Waals surface area contributed by atoms with Crippen LogP contribution in [0.25, 0.3) is 0 Å². The summed E-state index contributed by atoms with van der Waals surface area (Å²) in [6, 6.07) is 2.52. The molecule has 3 nitrogen and oxygen atoms in total. The minimum atomic E-state index is 0.510. The maximum atomic E-state index is 4.65. The lowest BCUT2D eigenvalue weighted by molar-refractivity contribution is 0.619. The molecule has 0 saturated carbocycles. The smallest absolute Gasteiger partial charge is 0.133 e. The quantitative estimate of drug-likeness (QED) is 0.748. The van der Waals surface area contributed by atoms with Gasteiger partial charge in [-0.05, 0) is 42.6 Å². The first-order valence-corrected chi connectivity index (χ1v) is 7.21. The predicted octanol–water partition coefficient (Wildman–Crippen LogP) is 3.82. The highest BCUT2D eigenvalue weighted by molar-refractivity contribution is 9.10. The molecular weight excluding hydrogens is 278 g/mol. The number of aryl methyl sites for hydroxylation is 1. The molecule has 0 amide bonds. The second-order valence-electron chi connectivity index (χ2n) is 4.26. The molecule has 0 aliphatic rings. The SMILES string of the molecule is CCCc1nc(Br)cc(N(CC)C(C)CC)n1. The zero-order chi connectivity index (χ0) is 12.8. The summed E-state index contributed by atoms with van der Waals surface area (Å²) in [4.78, 5) is 11.4. The number of aromatic nitrogens is 2. The van der Waals surface area contributed by atoms with Crippen LogP contribution in [0.2, 0.25) is 0 Å². The third-order valence-corrected chi connectivity index (χ3v) is 3.37. The van der Waals surface area contributed by atoms with Crippen molar-refractivity contribution < 1.29 is 0 Å². The largest absolute Gasteiger partial charge is 0.354 e. The van der Waals surface area contributed by atoms with E-state index < -0.39 is 0 Å². The Bertz CT molecular complexity index is 355. The van der Waals surface area contributed by atoms with Crippen molar-refractivity contribution in [2.45, 2.75) is 53.0 Å². The summed E-state index contributed by atoms with van der Waals surface area (Å²) in [7, 11) is 0. The number of anilines is 1. The van der Waals surface area contributed by atoms with Gasteiger partial charge < -0.3 is 4.90 Å². The van der Waals surface area contributed by atoms with E-state index in [1.807, 2.05) is 6.07 Å². The molecule has 0 fully saturated rings. The van der Waals surface area contributed by atoms with Crippen LogP contribution in [-0.4, -0.2) is 22.6 Å². The summed E-state index contributed by atoms with van der Waals surface area (Å²) in [5.41, 5.74) is 0. The average Bonchev–Trinajstić information content (AvgIpc) is 2.29. The van der Waals surface area contributed by atoms with Crippen LogP contribution in [0, 0.1) is 0 Å². The van der Waals surface area contributed by atoms with Crippen LogP contribution in [0.3, 0.4) is 0 Å². The molecule has 96 valence electrons. The van der Waals surface area contributed by atoms with Crippen LogP contribution < -0.4 is 4.90 Å². The van der Waals surface area contributed by atoms with Gasteiger partial charge >= 0.3 is 0 Å². The fraction of sp³-hybridized carbons (Fsp3) is 0.692. The van der Waals surface area contributed by atoms with Crippen LogP contribution in [0.5, 0.6) is 0 Å². The van der Waals surface area contributed by atoms with Crippen molar-refractivity contribution in [2.75, 3.05) is 11.4 Å². The Balaban J connectivity index is 3.01. The fourth-order valence-electron chi connectivity index (χ4n) is 1.85. The van der Waals surface area contributed by atoms with Gasteiger partial charge in [0.2, 0.25) is 0 Å². The summed E-state index contributed by atoms with van der Waals surface area (Å²) in [5.74, 6) is 1.96. The fourth-order valence-corrected chi connectivity index (χ4v) is 2.26. The lowest BCUT2D eigenvalue weighted by Crippen LogP contribution is -2.33. The van der Waals surface area contributed by atoms with E-state index in [1.165, 1.54) is 0 Å². The third kappa shape index (κ3) is 3.95. The molecule has 17 heavy (non-hydrogen) atoms. The summed E-state index contributed by atoms with van der Waals surface area (Å²) < 4.78 is 0.882. The van der Waals surface area contributed by atoms with E-state index in [9.17, 15) is 0 Å². The standard InChI is InChI=1S/C13H22BrN3/c1-5-8-12-15-11(14)9-13(16-12)17(7-3)10(4)6-2/h9-10H,5-8H2,1-4H3. The minimum Gasteiger partial charge on any atom is -0.354 e. The van der Waals surface area contributed by atoms with Gasteiger partial charge in [0.05, 0.1) is 0 Å². The van der Waals surface area contributed by atoms with E-state index in [-0.39, 0.29) is 0 Å². The first-order chi connectivity index (χ1) is 8.12. The molecule has 1 aromatic heterocycles. The Morgan fingerprint density at radius 3 is 2.53 bits per heavy atom. The zero-order valence-corrected chi connectivity index (χ0v) is 12.8. The van der Waals surface area contributed by atoms with E-state index >= 15 is 0 Å². The van der Waals surface area contributed by atoms with Crippen molar-refractivity contribution >= 4 is 21.7 Å². The van der Waals surface area contributed by atoms with Crippen LogP contribution in [0.15, 0.2) is 10.7 Å².